The van der Waals surface area contributed by atoms with Crippen molar-refractivity contribution < 1.29 is 14.7 Å². The van der Waals surface area contributed by atoms with Gasteiger partial charge in [-0.25, -0.2) is 4.79 Å². The zero-order valence-electron chi connectivity index (χ0n) is 9.26. The summed E-state index contributed by atoms with van der Waals surface area (Å²) < 4.78 is -0.342. The van der Waals surface area contributed by atoms with Gasteiger partial charge >= 0.3 is 5.97 Å². The number of amides is 1. The van der Waals surface area contributed by atoms with Gasteiger partial charge < -0.3 is 21.1 Å². The number of nitrogens with two attached hydrogens (primary N) is 1. The second-order valence-electron chi connectivity index (χ2n) is 4.84. The maximum absolute atomic E-state index is 11.7. The Balaban J connectivity index is 1.94. The van der Waals surface area contributed by atoms with Crippen molar-refractivity contribution in [1.82, 2.24) is 10.2 Å². The molecule has 94 valence electrons. The van der Waals surface area contributed by atoms with Crippen LogP contribution >= 0.6 is 11.8 Å². The van der Waals surface area contributed by atoms with Crippen molar-refractivity contribution >= 4 is 23.6 Å². The average Bonchev–Trinajstić information content (AvgIpc) is 2.62. The van der Waals surface area contributed by atoms with E-state index in [0.29, 0.717) is 0 Å². The number of carboxylic acid groups (broad SMARTS) is 1. The zero-order chi connectivity index (χ0) is 12.2. The van der Waals surface area contributed by atoms with Crippen LogP contribution in [0.5, 0.6) is 0 Å². The van der Waals surface area contributed by atoms with E-state index in [1.165, 1.54) is 4.90 Å². The van der Waals surface area contributed by atoms with Gasteiger partial charge in [-0.15, -0.1) is 11.8 Å². The number of nitrogens with one attached hydrogen (secondary N) is 1. The fourth-order valence-electron chi connectivity index (χ4n) is 3.06. The summed E-state index contributed by atoms with van der Waals surface area (Å²) in [5.41, 5.74) is 5.74. The average molecular weight is 257 g/mol. The lowest BCUT2D eigenvalue weighted by Gasteiger charge is -2.42. The third-order valence-electron chi connectivity index (χ3n) is 3.94. The molecule has 3 rings (SSSR count). The maximum atomic E-state index is 11.7. The summed E-state index contributed by atoms with van der Waals surface area (Å²) in [6.45, 7) is 1.61. The maximum Gasteiger partial charge on any atom is 0.327 e. The summed E-state index contributed by atoms with van der Waals surface area (Å²) >= 11 is 1.59. The Morgan fingerprint density at radius 2 is 2.18 bits per heavy atom. The van der Waals surface area contributed by atoms with E-state index in [-0.39, 0.29) is 16.0 Å². The summed E-state index contributed by atoms with van der Waals surface area (Å²) in [5.74, 6) is -1.12. The molecule has 3 saturated heterocycles. The molecule has 6 nitrogen and oxygen atoms in total. The Hall–Kier alpha value is -0.790. The molecule has 3 atom stereocenters. The number of β-lactam (4-membered cyclic amide) rings is 1. The quantitative estimate of drug-likeness (QED) is 0.511. The Bertz CT molecular complexity index is 383. The van der Waals surface area contributed by atoms with Gasteiger partial charge in [0.25, 0.3) is 0 Å². The predicted octanol–water partition coefficient (Wildman–Crippen LogP) is -1.20. The van der Waals surface area contributed by atoms with Gasteiger partial charge in [-0.05, 0) is 25.9 Å². The number of thioether (sulfide) groups is 1. The Kier molecular flexibility index (Phi) is 2.39. The van der Waals surface area contributed by atoms with E-state index >= 15 is 0 Å². The molecule has 3 aliphatic heterocycles. The first kappa shape index (κ1) is 11.3. The van der Waals surface area contributed by atoms with Gasteiger partial charge in [0.2, 0.25) is 5.91 Å². The van der Waals surface area contributed by atoms with Gasteiger partial charge in [0.15, 0.2) is 0 Å². The number of nitrogens with zero attached hydrogens (tertiary/aromatic N) is 1. The highest BCUT2D eigenvalue weighted by molar-refractivity contribution is 8.01. The number of carboxylic acids is 1. The number of carbonyl (C=O) groups excluding carboxylic acids is 1. The third kappa shape index (κ3) is 1.36. The summed E-state index contributed by atoms with van der Waals surface area (Å²) in [7, 11) is 0. The molecule has 0 aromatic rings. The van der Waals surface area contributed by atoms with E-state index < -0.39 is 18.1 Å². The number of fused-ring (bicyclic) bond motifs is 1. The van der Waals surface area contributed by atoms with Crippen molar-refractivity contribution in [3.05, 3.63) is 0 Å². The molecule has 7 heteroatoms. The number of hydrogen-bond donors (Lipinski definition) is 3. The second-order valence-corrected chi connectivity index (χ2v) is 6.37. The molecule has 2 unspecified atom stereocenters. The van der Waals surface area contributed by atoms with Crippen LogP contribution in [0, 0.1) is 0 Å². The van der Waals surface area contributed by atoms with Crippen LogP contribution in [-0.2, 0) is 9.59 Å². The van der Waals surface area contributed by atoms with Crippen LogP contribution in [0.25, 0.3) is 0 Å². The summed E-state index contributed by atoms with van der Waals surface area (Å²) in [4.78, 5) is 24.6. The minimum atomic E-state index is -0.901. The van der Waals surface area contributed by atoms with Gasteiger partial charge in [-0.3, -0.25) is 4.79 Å². The molecule has 0 aromatic heterocycles. The smallest absolute Gasteiger partial charge is 0.327 e. The number of aliphatic carboxylic acids is 1. The van der Waals surface area contributed by atoms with Crippen molar-refractivity contribution in [3.63, 3.8) is 0 Å². The first-order chi connectivity index (χ1) is 8.07. The molecule has 3 fully saturated rings. The summed E-state index contributed by atoms with van der Waals surface area (Å²) in [6.07, 6.45) is 1.56. The lowest BCUT2D eigenvalue weighted by atomic mass is 9.86. The molecule has 17 heavy (non-hydrogen) atoms. The van der Waals surface area contributed by atoms with Gasteiger partial charge in [0.05, 0.1) is 4.75 Å². The molecule has 0 bridgehead atoms. The van der Waals surface area contributed by atoms with Crippen LogP contribution in [0.15, 0.2) is 0 Å². The van der Waals surface area contributed by atoms with Gasteiger partial charge in [-0.1, -0.05) is 0 Å². The van der Waals surface area contributed by atoms with Crippen LogP contribution < -0.4 is 11.1 Å². The van der Waals surface area contributed by atoms with Gasteiger partial charge in [0, 0.05) is 0 Å². The standard InChI is InChI=1S/C10H15N3O3S/c11-5-7(14)13-6(9(15)16)10(17-8(5)13)1-3-12-4-2-10/h5-6,8,12H,1-4,11H2,(H,15,16)/t5?,6?,8-/m0/s1. The van der Waals surface area contributed by atoms with E-state index in [0.717, 1.165) is 25.9 Å². The predicted molar refractivity (Wildman–Crippen MR) is 62.5 cm³/mol. The van der Waals surface area contributed by atoms with Crippen molar-refractivity contribution in [1.29, 1.82) is 0 Å². The molecule has 3 aliphatic rings. The SMILES string of the molecule is NC1C(=O)N2C(C(=O)O)C3(CCNCC3)S[C@@H]12. The minimum Gasteiger partial charge on any atom is -0.480 e. The lowest BCUT2D eigenvalue weighted by molar-refractivity contribution is -0.159. The second kappa shape index (κ2) is 3.60. The summed E-state index contributed by atoms with van der Waals surface area (Å²) in [5, 5.41) is 12.5. The highest BCUT2D eigenvalue weighted by Crippen LogP contribution is 2.54. The highest BCUT2D eigenvalue weighted by Gasteiger charge is 2.65. The topological polar surface area (TPSA) is 95.7 Å². The highest BCUT2D eigenvalue weighted by atomic mass is 32.2. The summed E-state index contributed by atoms with van der Waals surface area (Å²) in [6, 6.07) is -1.22. The molecule has 4 N–H and O–H groups in total. The van der Waals surface area contributed by atoms with Gasteiger partial charge in [0.1, 0.15) is 17.5 Å². The lowest BCUT2D eigenvalue weighted by Crippen LogP contribution is -2.69. The van der Waals surface area contributed by atoms with Crippen LogP contribution in [0.1, 0.15) is 12.8 Å². The van der Waals surface area contributed by atoms with Crippen molar-refractivity contribution in [2.45, 2.75) is 35.0 Å². The molecule has 0 saturated carbocycles. The Morgan fingerprint density at radius 3 is 2.76 bits per heavy atom. The van der Waals surface area contributed by atoms with E-state index in [9.17, 15) is 14.7 Å². The van der Waals surface area contributed by atoms with Crippen LogP contribution in [0.2, 0.25) is 0 Å². The number of carbonyl (C=O) groups is 2. The largest absolute Gasteiger partial charge is 0.480 e. The van der Waals surface area contributed by atoms with Crippen LogP contribution in [0.3, 0.4) is 0 Å². The molecule has 3 heterocycles. The Morgan fingerprint density at radius 1 is 1.53 bits per heavy atom. The number of rotatable bonds is 1. The van der Waals surface area contributed by atoms with Crippen molar-refractivity contribution in [3.8, 4) is 0 Å². The van der Waals surface area contributed by atoms with Gasteiger partial charge in [-0.2, -0.15) is 0 Å². The molecule has 1 amide bonds. The first-order valence-electron chi connectivity index (χ1n) is 5.76. The molecule has 0 radical (unpaired) electrons. The Labute approximate surface area is 103 Å². The monoisotopic (exact) mass is 257 g/mol. The zero-order valence-corrected chi connectivity index (χ0v) is 10.1. The first-order valence-corrected chi connectivity index (χ1v) is 6.64. The fourth-order valence-corrected chi connectivity index (χ4v) is 4.92. The van der Waals surface area contributed by atoms with E-state index in [4.69, 9.17) is 5.73 Å². The molecular formula is C10H15N3O3S. The third-order valence-corrected chi connectivity index (χ3v) is 5.80. The van der Waals surface area contributed by atoms with Crippen molar-refractivity contribution in [2.75, 3.05) is 13.1 Å². The fraction of sp³-hybridized carbons (Fsp3) is 0.800. The molecular weight excluding hydrogens is 242 g/mol. The van der Waals surface area contributed by atoms with Crippen LogP contribution in [-0.4, -0.2) is 57.2 Å². The van der Waals surface area contributed by atoms with E-state index in [2.05, 4.69) is 5.32 Å². The number of hydrogen-bond acceptors (Lipinski definition) is 5. The van der Waals surface area contributed by atoms with E-state index in [1.807, 2.05) is 0 Å². The van der Waals surface area contributed by atoms with E-state index in [1.54, 1.807) is 11.8 Å². The minimum absolute atomic E-state index is 0.137. The number of piperidine rings is 1. The van der Waals surface area contributed by atoms with Crippen LogP contribution in [0.4, 0.5) is 0 Å². The molecule has 0 aromatic carbocycles. The normalized spacial score (nSPS) is 39.0. The molecule has 0 aliphatic carbocycles. The van der Waals surface area contributed by atoms with Crippen molar-refractivity contribution in [2.24, 2.45) is 5.73 Å². The molecule has 1 spiro atoms.